The van der Waals surface area contributed by atoms with Gasteiger partial charge in [-0.05, 0) is 60.6 Å². The van der Waals surface area contributed by atoms with E-state index in [9.17, 15) is 0 Å². The Hall–Kier alpha value is -3.29. The Balaban J connectivity index is 1.36. The lowest BCUT2D eigenvalue weighted by molar-refractivity contribution is 0.344. The van der Waals surface area contributed by atoms with E-state index in [1.54, 1.807) is 0 Å². The summed E-state index contributed by atoms with van der Waals surface area (Å²) >= 11 is 1.48. The van der Waals surface area contributed by atoms with E-state index < -0.39 is 0 Å². The molecule has 0 saturated carbocycles. The minimum absolute atomic E-state index is 0.573. The van der Waals surface area contributed by atoms with Crippen molar-refractivity contribution in [2.45, 2.75) is 6.42 Å². The number of benzene rings is 1. The molecule has 1 fully saturated rings. The van der Waals surface area contributed by atoms with E-state index in [-0.39, 0.29) is 0 Å². The van der Waals surface area contributed by atoms with Gasteiger partial charge in [-0.15, -0.1) is 0 Å². The van der Waals surface area contributed by atoms with Gasteiger partial charge in [-0.2, -0.15) is 0 Å². The number of hydrogen-bond donors (Lipinski definition) is 3. The summed E-state index contributed by atoms with van der Waals surface area (Å²) in [6.07, 6.45) is 6.53. The third-order valence-electron chi connectivity index (χ3n) is 5.34. The zero-order chi connectivity index (χ0) is 20.5. The molecular weight excluding hydrogens is 392 g/mol. The first-order valence-corrected chi connectivity index (χ1v) is 10.7. The molecule has 6 nitrogen and oxygen atoms in total. The van der Waals surface area contributed by atoms with Crippen LogP contribution in [0.3, 0.4) is 0 Å². The highest BCUT2D eigenvalue weighted by Crippen LogP contribution is 2.30. The van der Waals surface area contributed by atoms with Gasteiger partial charge in [0.2, 0.25) is 0 Å². The van der Waals surface area contributed by atoms with Gasteiger partial charge in [0.05, 0.1) is 4.88 Å². The van der Waals surface area contributed by atoms with Crippen molar-refractivity contribution in [2.24, 2.45) is 5.92 Å². The first kappa shape index (κ1) is 18.7. The maximum atomic E-state index is 5.78. The van der Waals surface area contributed by atoms with Gasteiger partial charge in [0, 0.05) is 40.9 Å². The van der Waals surface area contributed by atoms with E-state index >= 15 is 0 Å². The summed E-state index contributed by atoms with van der Waals surface area (Å²) in [6.45, 7) is 6.35. The molecule has 4 aromatic rings. The third-order valence-corrected chi connectivity index (χ3v) is 6.21. The highest BCUT2D eigenvalue weighted by atomic mass is 32.1. The van der Waals surface area contributed by atoms with E-state index in [2.05, 4.69) is 56.4 Å². The molecule has 1 aliphatic rings. The Kier molecular flexibility index (Phi) is 4.90. The molecule has 30 heavy (non-hydrogen) atoms. The number of thiazole rings is 1. The van der Waals surface area contributed by atoms with Crippen LogP contribution in [-0.4, -0.2) is 28.0 Å². The van der Waals surface area contributed by atoms with E-state index in [0.29, 0.717) is 11.0 Å². The summed E-state index contributed by atoms with van der Waals surface area (Å²) in [5, 5.41) is 9.40. The van der Waals surface area contributed by atoms with Crippen molar-refractivity contribution in [3.63, 3.8) is 0 Å². The van der Waals surface area contributed by atoms with Gasteiger partial charge in [-0.3, -0.25) is 4.98 Å². The van der Waals surface area contributed by atoms with Gasteiger partial charge in [0.25, 0.3) is 0 Å². The fourth-order valence-corrected chi connectivity index (χ4v) is 4.26. The molecule has 4 heterocycles. The van der Waals surface area contributed by atoms with E-state index in [1.807, 2.05) is 30.7 Å². The van der Waals surface area contributed by atoms with Crippen molar-refractivity contribution in [2.75, 3.05) is 24.1 Å². The molecule has 1 aliphatic heterocycles. The maximum absolute atomic E-state index is 5.78. The smallest absolute Gasteiger partial charge is 0.180 e. The second-order valence-electron chi connectivity index (χ2n) is 7.56. The molecule has 5 rings (SSSR count). The molecule has 0 atom stereocenters. The lowest BCUT2D eigenvalue weighted by atomic mass is 9.96. The van der Waals surface area contributed by atoms with Gasteiger partial charge in [0.15, 0.2) is 5.13 Å². The summed E-state index contributed by atoms with van der Waals surface area (Å²) in [7, 11) is 0. The van der Waals surface area contributed by atoms with Gasteiger partial charge in [-0.25, -0.2) is 9.97 Å². The molecule has 4 N–H and O–H groups in total. The van der Waals surface area contributed by atoms with Crippen molar-refractivity contribution in [3.05, 3.63) is 72.8 Å². The Bertz CT molecular complexity index is 1230. The van der Waals surface area contributed by atoms with Gasteiger partial charge < -0.3 is 16.4 Å². The quantitative estimate of drug-likeness (QED) is 0.439. The zero-order valence-corrected chi connectivity index (χ0v) is 17.2. The number of anilines is 2. The Morgan fingerprint density at radius 2 is 2.00 bits per heavy atom. The molecular formula is C23H22N6S. The van der Waals surface area contributed by atoms with E-state index in [0.717, 1.165) is 63.5 Å². The summed E-state index contributed by atoms with van der Waals surface area (Å²) in [4.78, 5) is 14.3. The van der Waals surface area contributed by atoms with Gasteiger partial charge in [0.1, 0.15) is 5.82 Å². The lowest BCUT2D eigenvalue weighted by Gasteiger charge is -2.26. The van der Waals surface area contributed by atoms with Crippen LogP contribution in [-0.2, 0) is 6.42 Å². The van der Waals surface area contributed by atoms with Crippen LogP contribution in [0.4, 0.5) is 10.9 Å². The highest BCUT2D eigenvalue weighted by molar-refractivity contribution is 7.18. The first-order valence-electron chi connectivity index (χ1n) is 9.87. The number of nitrogens with zero attached hydrogens (tertiary/aromatic N) is 3. The number of pyridine rings is 2. The molecule has 7 heteroatoms. The fraction of sp³-hybridized carbons (Fsp3) is 0.174. The molecule has 0 bridgehead atoms. The summed E-state index contributed by atoms with van der Waals surface area (Å²) in [6, 6.07) is 12.4. The van der Waals surface area contributed by atoms with Crippen molar-refractivity contribution in [1.82, 2.24) is 20.3 Å². The van der Waals surface area contributed by atoms with E-state index in [4.69, 9.17) is 5.73 Å². The molecule has 1 aromatic carbocycles. The number of nitrogens with two attached hydrogens (primary N) is 1. The van der Waals surface area contributed by atoms with Gasteiger partial charge in [-0.1, -0.05) is 30.0 Å². The lowest BCUT2D eigenvalue weighted by Crippen LogP contribution is -2.43. The van der Waals surface area contributed by atoms with Crippen LogP contribution in [0, 0.1) is 5.92 Å². The second kappa shape index (κ2) is 7.85. The molecule has 1 saturated heterocycles. The maximum Gasteiger partial charge on any atom is 0.180 e. The second-order valence-corrected chi connectivity index (χ2v) is 8.62. The molecule has 0 radical (unpaired) electrons. The number of aromatic nitrogens is 3. The topological polar surface area (TPSA) is 88.8 Å². The average molecular weight is 415 g/mol. The summed E-state index contributed by atoms with van der Waals surface area (Å²) in [5.74, 6) is 1.44. The summed E-state index contributed by atoms with van der Waals surface area (Å²) in [5.41, 5.74) is 9.81. The normalized spacial score (nSPS) is 13.9. The van der Waals surface area contributed by atoms with Crippen molar-refractivity contribution >= 4 is 38.8 Å². The van der Waals surface area contributed by atoms with Crippen molar-refractivity contribution in [3.8, 4) is 10.4 Å². The Morgan fingerprint density at radius 3 is 2.77 bits per heavy atom. The SMILES string of the molecule is C=C(Nc1cc2cc(-c3cnc(N)s3)ccc2cn1)c1ccnc(CC2CNC2)c1. The highest BCUT2D eigenvalue weighted by Gasteiger charge is 2.17. The minimum Gasteiger partial charge on any atom is -0.375 e. The van der Waals surface area contributed by atoms with Crippen LogP contribution in [0.5, 0.6) is 0 Å². The monoisotopic (exact) mass is 414 g/mol. The first-order chi connectivity index (χ1) is 14.6. The fourth-order valence-electron chi connectivity index (χ4n) is 3.58. The third kappa shape index (κ3) is 3.90. The zero-order valence-electron chi connectivity index (χ0n) is 16.4. The predicted molar refractivity (Wildman–Crippen MR) is 124 cm³/mol. The van der Waals surface area contributed by atoms with Crippen LogP contribution in [0.25, 0.3) is 26.9 Å². The van der Waals surface area contributed by atoms with E-state index in [1.165, 1.54) is 11.3 Å². The van der Waals surface area contributed by atoms with Crippen LogP contribution in [0.15, 0.2) is 61.6 Å². The number of nitrogen functional groups attached to an aromatic ring is 1. The van der Waals surface area contributed by atoms with Crippen LogP contribution in [0.1, 0.15) is 11.3 Å². The Labute approximate surface area is 178 Å². The Morgan fingerprint density at radius 1 is 1.10 bits per heavy atom. The molecule has 3 aromatic heterocycles. The molecule has 0 aliphatic carbocycles. The van der Waals surface area contributed by atoms with Crippen LogP contribution in [0.2, 0.25) is 0 Å². The number of fused-ring (bicyclic) bond motifs is 1. The number of hydrogen-bond acceptors (Lipinski definition) is 7. The molecule has 150 valence electrons. The number of rotatable bonds is 6. The summed E-state index contributed by atoms with van der Waals surface area (Å²) < 4.78 is 0. The predicted octanol–water partition coefficient (Wildman–Crippen LogP) is 4.18. The van der Waals surface area contributed by atoms with Crippen molar-refractivity contribution < 1.29 is 0 Å². The van der Waals surface area contributed by atoms with Crippen molar-refractivity contribution in [1.29, 1.82) is 0 Å². The largest absolute Gasteiger partial charge is 0.375 e. The minimum atomic E-state index is 0.573. The van der Waals surface area contributed by atoms with Gasteiger partial charge >= 0.3 is 0 Å². The van der Waals surface area contributed by atoms with Crippen LogP contribution < -0.4 is 16.4 Å². The average Bonchev–Trinajstić information content (AvgIpc) is 3.17. The molecule has 0 unspecified atom stereocenters. The standard InChI is InChI=1S/C23H22N6S/c1-14(16-4-5-26-20(8-16)6-15-10-25-11-15)29-22-9-19-7-17(2-3-18(19)12-27-22)21-13-28-23(24)30-21/h2-5,7-9,12-13,15,25H,1,6,10-11H2,(H2,24,28)(H,27,29). The van der Waals surface area contributed by atoms with Crippen LogP contribution >= 0.6 is 11.3 Å². The molecule has 0 spiro atoms. The molecule has 0 amide bonds. The number of nitrogens with one attached hydrogen (secondary N) is 2.